The summed E-state index contributed by atoms with van der Waals surface area (Å²) in [5.41, 5.74) is 0.187. The van der Waals surface area contributed by atoms with Crippen LogP contribution in [-0.4, -0.2) is 60.0 Å². The van der Waals surface area contributed by atoms with Crippen LogP contribution in [-0.2, 0) is 22.9 Å². The Morgan fingerprint density at radius 2 is 1.60 bits per heavy atom. The van der Waals surface area contributed by atoms with Crippen LogP contribution in [0, 0.1) is 23.3 Å². The Kier molecular flexibility index (Phi) is 7.62. The fraction of sp³-hybridized carbons (Fsp3) is 0.407. The Hall–Kier alpha value is -3.45. The molecule has 1 saturated heterocycles. The molecule has 1 aliphatic heterocycles. The van der Waals surface area contributed by atoms with E-state index in [-0.39, 0.29) is 56.1 Å². The molecule has 1 atom stereocenters. The second kappa shape index (κ2) is 10.8. The van der Waals surface area contributed by atoms with Gasteiger partial charge in [-0.1, -0.05) is 0 Å². The van der Waals surface area contributed by atoms with E-state index < -0.39 is 50.2 Å². The number of halogens is 4. The van der Waals surface area contributed by atoms with Gasteiger partial charge in [0.2, 0.25) is 15.8 Å². The maximum absolute atomic E-state index is 14.3. The Morgan fingerprint density at radius 1 is 0.950 bits per heavy atom. The predicted octanol–water partition coefficient (Wildman–Crippen LogP) is 3.59. The SMILES string of the molecule is CC(C)S(=O)(=O)N1CCN(c2cnn(-c3cc(F)cc(F)c3)c(=O)c2OC2CCc3c(F)cc(F)cc3C2)CC1. The van der Waals surface area contributed by atoms with Gasteiger partial charge in [0, 0.05) is 44.7 Å². The van der Waals surface area contributed by atoms with Gasteiger partial charge >= 0.3 is 5.56 Å². The van der Waals surface area contributed by atoms with E-state index in [1.807, 2.05) is 0 Å². The van der Waals surface area contributed by atoms with Crippen LogP contribution in [0.4, 0.5) is 23.2 Å². The van der Waals surface area contributed by atoms with Gasteiger partial charge in [-0.25, -0.2) is 26.0 Å². The third-order valence-electron chi connectivity index (χ3n) is 7.24. The number of piperazine rings is 1. The molecule has 0 amide bonds. The molecule has 1 aliphatic carbocycles. The summed E-state index contributed by atoms with van der Waals surface area (Å²) in [6.45, 7) is 4.04. The highest BCUT2D eigenvalue weighted by molar-refractivity contribution is 7.89. The summed E-state index contributed by atoms with van der Waals surface area (Å²) in [5, 5.41) is 3.55. The number of sulfonamides is 1. The summed E-state index contributed by atoms with van der Waals surface area (Å²) in [5.74, 6) is -3.30. The molecule has 13 heteroatoms. The van der Waals surface area contributed by atoms with Crippen molar-refractivity contribution in [2.24, 2.45) is 0 Å². The largest absolute Gasteiger partial charge is 0.483 e. The van der Waals surface area contributed by atoms with Gasteiger partial charge in [-0.2, -0.15) is 14.1 Å². The first-order valence-electron chi connectivity index (χ1n) is 12.9. The fourth-order valence-electron chi connectivity index (χ4n) is 5.13. The van der Waals surface area contributed by atoms with Crippen LogP contribution >= 0.6 is 0 Å². The highest BCUT2D eigenvalue weighted by atomic mass is 32.2. The van der Waals surface area contributed by atoms with E-state index in [0.717, 1.165) is 22.9 Å². The lowest BCUT2D eigenvalue weighted by atomic mass is 9.89. The topological polar surface area (TPSA) is 84.7 Å². The minimum atomic E-state index is -3.47. The third kappa shape index (κ3) is 5.44. The number of nitrogens with zero attached hydrogens (tertiary/aromatic N) is 4. The summed E-state index contributed by atoms with van der Waals surface area (Å²) in [6.07, 6.45) is 1.46. The van der Waals surface area contributed by atoms with Crippen LogP contribution < -0.4 is 15.2 Å². The number of anilines is 1. The normalized spacial score (nSPS) is 18.2. The molecular formula is C27H28F4N4O4S. The van der Waals surface area contributed by atoms with Crippen LogP contribution in [0.3, 0.4) is 0 Å². The molecule has 0 bridgehead atoms. The molecule has 5 rings (SSSR count). The second-order valence-electron chi connectivity index (χ2n) is 10.2. The standard InChI is InChI=1S/C27H28F4N4O4S/c1-16(2)40(37,38)34-7-5-33(6-8-34)25-15-32-35(21-12-19(29)11-20(30)13-21)27(36)26(25)39-22-3-4-23-17(10-22)9-18(28)14-24(23)31/h9,11-16,22H,3-8,10H2,1-2H3. The predicted molar refractivity (Wildman–Crippen MR) is 140 cm³/mol. The summed E-state index contributed by atoms with van der Waals surface area (Å²) in [6, 6.07) is 4.65. The molecule has 2 heterocycles. The first-order valence-corrected chi connectivity index (χ1v) is 14.4. The summed E-state index contributed by atoms with van der Waals surface area (Å²) in [4.78, 5) is 15.4. The zero-order chi connectivity index (χ0) is 28.8. The maximum Gasteiger partial charge on any atom is 0.316 e. The average Bonchev–Trinajstić information content (AvgIpc) is 2.89. The molecule has 8 nitrogen and oxygen atoms in total. The van der Waals surface area contributed by atoms with Crippen LogP contribution in [0.15, 0.2) is 41.3 Å². The molecule has 40 heavy (non-hydrogen) atoms. The number of benzene rings is 2. The molecule has 2 aliphatic rings. The van der Waals surface area contributed by atoms with Crippen LogP contribution in [0.2, 0.25) is 0 Å². The Morgan fingerprint density at radius 3 is 2.25 bits per heavy atom. The van der Waals surface area contributed by atoms with Crippen molar-refractivity contribution in [1.29, 1.82) is 0 Å². The van der Waals surface area contributed by atoms with E-state index in [4.69, 9.17) is 4.74 Å². The minimum absolute atomic E-state index is 0.139. The highest BCUT2D eigenvalue weighted by Crippen LogP contribution is 2.32. The third-order valence-corrected chi connectivity index (χ3v) is 9.52. The van der Waals surface area contributed by atoms with Crippen molar-refractivity contribution in [2.75, 3.05) is 31.1 Å². The molecule has 1 unspecified atom stereocenters. The molecule has 0 spiro atoms. The average molecular weight is 581 g/mol. The highest BCUT2D eigenvalue weighted by Gasteiger charge is 2.32. The molecule has 1 fully saturated rings. The van der Waals surface area contributed by atoms with Crippen LogP contribution in [0.5, 0.6) is 5.75 Å². The van der Waals surface area contributed by atoms with Crippen molar-refractivity contribution < 1.29 is 30.7 Å². The number of ether oxygens (including phenoxy) is 1. The molecule has 0 saturated carbocycles. The van der Waals surface area contributed by atoms with Gasteiger partial charge in [-0.05, 0) is 56.0 Å². The van der Waals surface area contributed by atoms with Crippen LogP contribution in [0.25, 0.3) is 5.69 Å². The summed E-state index contributed by atoms with van der Waals surface area (Å²) < 4.78 is 89.7. The van der Waals surface area contributed by atoms with Crippen molar-refractivity contribution in [3.63, 3.8) is 0 Å². The van der Waals surface area contributed by atoms with E-state index in [2.05, 4.69) is 5.10 Å². The van der Waals surface area contributed by atoms with Crippen molar-refractivity contribution in [1.82, 2.24) is 14.1 Å². The molecular weight excluding hydrogens is 552 g/mol. The summed E-state index contributed by atoms with van der Waals surface area (Å²) in [7, 11) is -3.47. The van der Waals surface area contributed by atoms with E-state index in [1.165, 1.54) is 16.6 Å². The van der Waals surface area contributed by atoms with Gasteiger partial charge in [0.15, 0.2) is 0 Å². The Balaban J connectivity index is 1.50. The number of rotatable bonds is 6. The molecule has 214 valence electrons. The van der Waals surface area contributed by atoms with Gasteiger partial charge in [-0.3, -0.25) is 4.79 Å². The van der Waals surface area contributed by atoms with Gasteiger partial charge in [0.1, 0.15) is 35.1 Å². The van der Waals surface area contributed by atoms with E-state index >= 15 is 0 Å². The van der Waals surface area contributed by atoms with Gasteiger partial charge in [-0.15, -0.1) is 0 Å². The summed E-state index contributed by atoms with van der Waals surface area (Å²) >= 11 is 0. The van der Waals surface area contributed by atoms with Crippen molar-refractivity contribution in [2.45, 2.75) is 44.5 Å². The monoisotopic (exact) mass is 580 g/mol. The number of hydrogen-bond acceptors (Lipinski definition) is 6. The number of hydrogen-bond donors (Lipinski definition) is 0. The lowest BCUT2D eigenvalue weighted by Gasteiger charge is -2.37. The fourth-order valence-corrected chi connectivity index (χ4v) is 6.40. The first-order chi connectivity index (χ1) is 18.9. The smallest absolute Gasteiger partial charge is 0.316 e. The zero-order valence-electron chi connectivity index (χ0n) is 21.9. The van der Waals surface area contributed by atoms with Gasteiger partial charge in [0.25, 0.3) is 0 Å². The molecule has 0 radical (unpaired) electrons. The molecule has 1 aromatic heterocycles. The van der Waals surface area contributed by atoms with Crippen molar-refractivity contribution in [3.8, 4) is 11.4 Å². The Bertz CT molecular complexity index is 1580. The van der Waals surface area contributed by atoms with Crippen LogP contribution in [0.1, 0.15) is 31.4 Å². The lowest BCUT2D eigenvalue weighted by Crippen LogP contribution is -2.50. The van der Waals surface area contributed by atoms with Crippen molar-refractivity contribution >= 4 is 15.7 Å². The molecule has 0 N–H and O–H groups in total. The van der Waals surface area contributed by atoms with E-state index in [0.29, 0.717) is 23.6 Å². The number of fused-ring (bicyclic) bond motifs is 1. The number of aromatic nitrogens is 2. The van der Waals surface area contributed by atoms with Crippen molar-refractivity contribution in [3.05, 3.63) is 81.3 Å². The Labute approximate surface area is 228 Å². The maximum atomic E-state index is 14.3. The molecule has 2 aromatic carbocycles. The molecule has 3 aromatic rings. The quantitative estimate of drug-likeness (QED) is 0.415. The van der Waals surface area contributed by atoms with E-state index in [1.54, 1.807) is 18.7 Å². The lowest BCUT2D eigenvalue weighted by molar-refractivity contribution is 0.180. The minimum Gasteiger partial charge on any atom is -0.483 e. The van der Waals surface area contributed by atoms with E-state index in [9.17, 15) is 30.8 Å². The van der Waals surface area contributed by atoms with Gasteiger partial charge < -0.3 is 9.64 Å². The van der Waals surface area contributed by atoms with Gasteiger partial charge in [0.05, 0.1) is 17.1 Å². The zero-order valence-corrected chi connectivity index (χ0v) is 22.7. The first kappa shape index (κ1) is 28.1. The second-order valence-corrected chi connectivity index (χ2v) is 12.7.